The number of rotatable bonds is 3. The van der Waals surface area contributed by atoms with E-state index in [9.17, 15) is 4.79 Å². The lowest BCUT2D eigenvalue weighted by atomic mass is 9.77. The van der Waals surface area contributed by atoms with Gasteiger partial charge in [0.1, 0.15) is 0 Å². The first-order valence-corrected chi connectivity index (χ1v) is 8.89. The van der Waals surface area contributed by atoms with Crippen molar-refractivity contribution in [1.29, 1.82) is 0 Å². The maximum absolute atomic E-state index is 11.5. The Hall–Kier alpha value is -1.35. The molecule has 22 heavy (non-hydrogen) atoms. The van der Waals surface area contributed by atoms with Crippen LogP contribution in [-0.4, -0.2) is 36.0 Å². The Morgan fingerprint density at radius 1 is 1.09 bits per heavy atom. The Morgan fingerprint density at radius 3 is 2.68 bits per heavy atom. The molecule has 1 amide bonds. The van der Waals surface area contributed by atoms with E-state index in [-0.39, 0.29) is 5.91 Å². The SMILES string of the molecule is O=C1CC[C@@H](CN2CC(c3ccccc3)C3CCCCC32)N1. The zero-order chi connectivity index (χ0) is 14.9. The average molecular weight is 298 g/mol. The second-order valence-corrected chi connectivity index (χ2v) is 7.29. The molecule has 3 aliphatic rings. The Bertz CT molecular complexity index is 529. The van der Waals surface area contributed by atoms with Crippen LogP contribution in [0.3, 0.4) is 0 Å². The van der Waals surface area contributed by atoms with Crippen molar-refractivity contribution >= 4 is 5.91 Å². The molecule has 2 heterocycles. The number of nitrogens with one attached hydrogen (secondary N) is 1. The van der Waals surface area contributed by atoms with Gasteiger partial charge in [-0.05, 0) is 30.7 Å². The molecule has 0 radical (unpaired) electrons. The van der Waals surface area contributed by atoms with Crippen molar-refractivity contribution in [1.82, 2.24) is 10.2 Å². The molecule has 1 aliphatic carbocycles. The predicted molar refractivity (Wildman–Crippen MR) is 87.7 cm³/mol. The molecule has 0 bridgehead atoms. The summed E-state index contributed by atoms with van der Waals surface area (Å²) in [6.07, 6.45) is 7.21. The minimum Gasteiger partial charge on any atom is -0.352 e. The number of nitrogens with zero attached hydrogens (tertiary/aromatic N) is 1. The van der Waals surface area contributed by atoms with Gasteiger partial charge in [-0.15, -0.1) is 0 Å². The fourth-order valence-electron chi connectivity index (χ4n) is 4.95. The highest BCUT2D eigenvalue weighted by molar-refractivity contribution is 5.78. The smallest absolute Gasteiger partial charge is 0.220 e. The minimum atomic E-state index is 0.240. The Kier molecular flexibility index (Phi) is 3.91. The number of carbonyl (C=O) groups is 1. The standard InChI is InChI=1S/C19H26N2O/c22-19-11-10-15(20-19)12-21-13-17(14-6-2-1-3-7-14)16-8-4-5-9-18(16)21/h1-3,6-7,15-18H,4-5,8-13H2,(H,20,22)/t15-,16?,17?,18?/m0/s1. The van der Waals surface area contributed by atoms with E-state index in [0.29, 0.717) is 18.4 Å². The van der Waals surface area contributed by atoms with E-state index in [4.69, 9.17) is 0 Å². The Labute approximate surface area is 133 Å². The van der Waals surface area contributed by atoms with Crippen molar-refractivity contribution in [2.24, 2.45) is 5.92 Å². The highest BCUT2D eigenvalue weighted by atomic mass is 16.1. The lowest BCUT2D eigenvalue weighted by Gasteiger charge is -2.33. The molecule has 4 atom stereocenters. The number of benzene rings is 1. The first kappa shape index (κ1) is 14.3. The summed E-state index contributed by atoms with van der Waals surface area (Å²) in [6.45, 7) is 2.22. The van der Waals surface area contributed by atoms with E-state index in [0.717, 1.165) is 24.9 Å². The third-order valence-corrected chi connectivity index (χ3v) is 5.97. The first-order chi connectivity index (χ1) is 10.8. The molecule has 3 fully saturated rings. The fourth-order valence-corrected chi connectivity index (χ4v) is 4.95. The zero-order valence-corrected chi connectivity index (χ0v) is 13.2. The summed E-state index contributed by atoms with van der Waals surface area (Å²) >= 11 is 0. The second kappa shape index (κ2) is 6.04. The molecule has 1 saturated carbocycles. The van der Waals surface area contributed by atoms with Crippen LogP contribution in [0.2, 0.25) is 0 Å². The Balaban J connectivity index is 1.51. The average Bonchev–Trinajstić information content (AvgIpc) is 3.13. The van der Waals surface area contributed by atoms with Crippen molar-refractivity contribution in [2.75, 3.05) is 13.1 Å². The monoisotopic (exact) mass is 298 g/mol. The molecule has 3 heteroatoms. The van der Waals surface area contributed by atoms with E-state index >= 15 is 0 Å². The van der Waals surface area contributed by atoms with Gasteiger partial charge in [-0.3, -0.25) is 9.69 Å². The van der Waals surface area contributed by atoms with Crippen molar-refractivity contribution < 1.29 is 4.79 Å². The third kappa shape index (κ3) is 2.67. The van der Waals surface area contributed by atoms with Crippen LogP contribution in [0.1, 0.15) is 50.0 Å². The van der Waals surface area contributed by atoms with E-state index in [1.165, 1.54) is 37.8 Å². The summed E-state index contributed by atoms with van der Waals surface area (Å²) in [7, 11) is 0. The van der Waals surface area contributed by atoms with Crippen LogP contribution in [0.15, 0.2) is 30.3 Å². The summed E-state index contributed by atoms with van der Waals surface area (Å²) < 4.78 is 0. The molecule has 4 rings (SSSR count). The van der Waals surface area contributed by atoms with Crippen molar-refractivity contribution in [3.8, 4) is 0 Å². The van der Waals surface area contributed by atoms with Gasteiger partial charge in [0.2, 0.25) is 5.91 Å². The number of hydrogen-bond donors (Lipinski definition) is 1. The van der Waals surface area contributed by atoms with Gasteiger partial charge in [0.05, 0.1) is 0 Å². The summed E-state index contributed by atoms with van der Waals surface area (Å²) in [5.41, 5.74) is 1.51. The zero-order valence-electron chi connectivity index (χ0n) is 13.2. The topological polar surface area (TPSA) is 32.3 Å². The summed E-state index contributed by atoms with van der Waals surface area (Å²) in [6, 6.07) is 12.2. The van der Waals surface area contributed by atoms with Crippen LogP contribution in [0.4, 0.5) is 0 Å². The lowest BCUT2D eigenvalue weighted by molar-refractivity contribution is -0.119. The van der Waals surface area contributed by atoms with Gasteiger partial charge >= 0.3 is 0 Å². The number of carbonyl (C=O) groups excluding carboxylic acids is 1. The molecule has 1 aromatic carbocycles. The maximum atomic E-state index is 11.5. The van der Waals surface area contributed by atoms with Gasteiger partial charge in [0.25, 0.3) is 0 Å². The molecular weight excluding hydrogens is 272 g/mol. The quantitative estimate of drug-likeness (QED) is 0.930. The highest BCUT2D eigenvalue weighted by Crippen LogP contribution is 2.44. The van der Waals surface area contributed by atoms with Crippen LogP contribution < -0.4 is 5.32 Å². The third-order valence-electron chi connectivity index (χ3n) is 5.97. The van der Waals surface area contributed by atoms with Gasteiger partial charge in [0, 0.05) is 37.5 Å². The number of fused-ring (bicyclic) bond motifs is 1. The van der Waals surface area contributed by atoms with Gasteiger partial charge in [-0.1, -0.05) is 43.2 Å². The molecule has 3 nitrogen and oxygen atoms in total. The molecule has 0 aromatic heterocycles. The van der Waals surface area contributed by atoms with Crippen LogP contribution in [0.25, 0.3) is 0 Å². The maximum Gasteiger partial charge on any atom is 0.220 e. The van der Waals surface area contributed by atoms with Crippen LogP contribution >= 0.6 is 0 Å². The largest absolute Gasteiger partial charge is 0.352 e. The minimum absolute atomic E-state index is 0.240. The molecule has 1 aromatic rings. The molecule has 118 valence electrons. The van der Waals surface area contributed by atoms with E-state index in [1.807, 2.05) is 0 Å². The van der Waals surface area contributed by atoms with Crippen molar-refractivity contribution in [3.05, 3.63) is 35.9 Å². The Morgan fingerprint density at radius 2 is 1.91 bits per heavy atom. The van der Waals surface area contributed by atoms with Gasteiger partial charge in [0.15, 0.2) is 0 Å². The number of likely N-dealkylation sites (tertiary alicyclic amines) is 1. The van der Waals surface area contributed by atoms with Crippen LogP contribution in [-0.2, 0) is 4.79 Å². The van der Waals surface area contributed by atoms with Crippen molar-refractivity contribution in [3.63, 3.8) is 0 Å². The highest BCUT2D eigenvalue weighted by Gasteiger charge is 2.43. The second-order valence-electron chi connectivity index (χ2n) is 7.29. The normalized spacial score (nSPS) is 35.4. The molecule has 3 unspecified atom stereocenters. The van der Waals surface area contributed by atoms with Gasteiger partial charge < -0.3 is 5.32 Å². The number of amides is 1. The van der Waals surface area contributed by atoms with E-state index in [2.05, 4.69) is 40.5 Å². The summed E-state index contributed by atoms with van der Waals surface area (Å²) in [5, 5.41) is 3.15. The summed E-state index contributed by atoms with van der Waals surface area (Å²) in [4.78, 5) is 14.2. The van der Waals surface area contributed by atoms with Crippen LogP contribution in [0.5, 0.6) is 0 Å². The first-order valence-electron chi connectivity index (χ1n) is 8.89. The van der Waals surface area contributed by atoms with Crippen LogP contribution in [0, 0.1) is 5.92 Å². The molecule has 2 aliphatic heterocycles. The lowest BCUT2D eigenvalue weighted by Crippen LogP contribution is -2.43. The van der Waals surface area contributed by atoms with E-state index in [1.54, 1.807) is 0 Å². The number of hydrogen-bond acceptors (Lipinski definition) is 2. The fraction of sp³-hybridized carbons (Fsp3) is 0.632. The molecular formula is C19H26N2O. The molecule has 1 N–H and O–H groups in total. The van der Waals surface area contributed by atoms with Gasteiger partial charge in [-0.25, -0.2) is 0 Å². The molecule has 0 spiro atoms. The van der Waals surface area contributed by atoms with Crippen molar-refractivity contribution in [2.45, 2.75) is 56.5 Å². The predicted octanol–water partition coefficient (Wildman–Crippen LogP) is 2.92. The summed E-state index contributed by atoms with van der Waals surface area (Å²) in [5.74, 6) is 1.74. The van der Waals surface area contributed by atoms with E-state index < -0.39 is 0 Å². The van der Waals surface area contributed by atoms with Gasteiger partial charge in [-0.2, -0.15) is 0 Å². The molecule has 2 saturated heterocycles.